The van der Waals surface area contributed by atoms with E-state index in [1.807, 2.05) is 0 Å². The summed E-state index contributed by atoms with van der Waals surface area (Å²) in [7, 11) is 0. The predicted molar refractivity (Wildman–Crippen MR) is 37.4 cm³/mol. The molecule has 0 aliphatic rings. The fraction of sp³-hybridized carbons (Fsp3) is 0. The van der Waals surface area contributed by atoms with Gasteiger partial charge < -0.3 is 5.73 Å². The van der Waals surface area contributed by atoms with Crippen LogP contribution in [0.15, 0.2) is 5.51 Å². The Labute approximate surface area is 59.9 Å². The van der Waals surface area contributed by atoms with Crippen molar-refractivity contribution in [2.24, 2.45) is 0 Å². The van der Waals surface area contributed by atoms with E-state index in [0.717, 1.165) is 4.83 Å². The van der Waals surface area contributed by atoms with Gasteiger partial charge in [-0.1, -0.05) is 0 Å². The number of aromatic nitrogens is 4. The molecule has 0 saturated carbocycles. The largest absolute Gasteiger partial charge is 0.380 e. The van der Waals surface area contributed by atoms with E-state index in [0.29, 0.717) is 11.3 Å². The van der Waals surface area contributed by atoms with Crippen molar-refractivity contribution in [3.63, 3.8) is 0 Å². The standard InChI is InChI=1S/C4H3N5S/c5-3-2-4(8-9-7-3)10-1-6-2/h1H,(H2,5,7,8). The van der Waals surface area contributed by atoms with Gasteiger partial charge in [0.1, 0.15) is 5.52 Å². The quantitative estimate of drug-likeness (QED) is 0.579. The van der Waals surface area contributed by atoms with Gasteiger partial charge in [-0.05, 0) is 5.21 Å². The van der Waals surface area contributed by atoms with Crippen LogP contribution in [0.2, 0.25) is 0 Å². The summed E-state index contributed by atoms with van der Waals surface area (Å²) in [5, 5.41) is 10.7. The first kappa shape index (κ1) is 5.48. The zero-order valence-corrected chi connectivity index (χ0v) is 5.67. The Balaban J connectivity index is 2.95. The van der Waals surface area contributed by atoms with E-state index in [2.05, 4.69) is 20.4 Å². The van der Waals surface area contributed by atoms with Crippen molar-refractivity contribution in [3.8, 4) is 0 Å². The highest BCUT2D eigenvalue weighted by atomic mass is 32.1. The predicted octanol–water partition coefficient (Wildman–Crippen LogP) is 0.0635. The maximum Gasteiger partial charge on any atom is 0.177 e. The highest BCUT2D eigenvalue weighted by Crippen LogP contribution is 2.16. The first-order valence-electron chi connectivity index (χ1n) is 2.56. The van der Waals surface area contributed by atoms with Crippen molar-refractivity contribution in [1.29, 1.82) is 0 Å². The minimum Gasteiger partial charge on any atom is -0.380 e. The van der Waals surface area contributed by atoms with Gasteiger partial charge in [0.05, 0.1) is 5.51 Å². The van der Waals surface area contributed by atoms with Crippen molar-refractivity contribution in [1.82, 2.24) is 20.4 Å². The Hall–Kier alpha value is -1.30. The molecule has 0 unspecified atom stereocenters. The number of rotatable bonds is 0. The third-order valence-corrected chi connectivity index (χ3v) is 1.79. The zero-order valence-electron chi connectivity index (χ0n) is 4.85. The maximum absolute atomic E-state index is 5.43. The molecule has 0 amide bonds. The topological polar surface area (TPSA) is 77.6 Å². The van der Waals surface area contributed by atoms with Gasteiger partial charge in [0, 0.05) is 0 Å². The number of thiazole rings is 1. The average molecular weight is 153 g/mol. The van der Waals surface area contributed by atoms with Crippen molar-refractivity contribution in [2.75, 3.05) is 5.73 Å². The van der Waals surface area contributed by atoms with Gasteiger partial charge in [-0.3, -0.25) is 0 Å². The Morgan fingerprint density at radius 3 is 3.10 bits per heavy atom. The number of anilines is 1. The SMILES string of the molecule is Nc1nnnc2scnc12. The van der Waals surface area contributed by atoms with Crippen molar-refractivity contribution < 1.29 is 0 Å². The van der Waals surface area contributed by atoms with Crippen LogP contribution in [0.4, 0.5) is 5.82 Å². The Morgan fingerprint density at radius 2 is 2.30 bits per heavy atom. The van der Waals surface area contributed by atoms with Crippen molar-refractivity contribution in [3.05, 3.63) is 5.51 Å². The molecule has 0 radical (unpaired) electrons. The lowest BCUT2D eigenvalue weighted by molar-refractivity contribution is 0.905. The molecule has 10 heavy (non-hydrogen) atoms. The number of fused-ring (bicyclic) bond motifs is 1. The third-order valence-electron chi connectivity index (χ3n) is 1.08. The minimum absolute atomic E-state index is 0.339. The highest BCUT2D eigenvalue weighted by Gasteiger charge is 2.01. The molecule has 0 aliphatic carbocycles. The van der Waals surface area contributed by atoms with Gasteiger partial charge in [0.15, 0.2) is 10.6 Å². The molecule has 0 fully saturated rings. The lowest BCUT2D eigenvalue weighted by atomic mass is 10.5. The molecule has 2 aromatic rings. The van der Waals surface area contributed by atoms with E-state index in [1.54, 1.807) is 5.51 Å². The van der Waals surface area contributed by atoms with Gasteiger partial charge in [0.25, 0.3) is 0 Å². The molecule has 0 bridgehead atoms. The second kappa shape index (κ2) is 1.84. The van der Waals surface area contributed by atoms with Crippen LogP contribution in [0.5, 0.6) is 0 Å². The first-order chi connectivity index (χ1) is 4.88. The number of nitrogen functional groups attached to an aromatic ring is 1. The van der Waals surface area contributed by atoms with Crippen molar-refractivity contribution >= 4 is 27.5 Å². The lowest BCUT2D eigenvalue weighted by Gasteiger charge is -1.86. The molecule has 0 atom stereocenters. The Kier molecular flexibility index (Phi) is 1.01. The van der Waals surface area contributed by atoms with Crippen LogP contribution in [-0.2, 0) is 0 Å². The Bertz CT molecular complexity index is 355. The summed E-state index contributed by atoms with van der Waals surface area (Å²) < 4.78 is 0. The molecule has 50 valence electrons. The fourth-order valence-corrected chi connectivity index (χ4v) is 1.26. The summed E-state index contributed by atoms with van der Waals surface area (Å²) in [6, 6.07) is 0. The normalized spacial score (nSPS) is 10.4. The Morgan fingerprint density at radius 1 is 1.40 bits per heavy atom. The summed E-state index contributed by atoms with van der Waals surface area (Å²) in [5.41, 5.74) is 7.73. The van der Waals surface area contributed by atoms with Crippen LogP contribution >= 0.6 is 11.3 Å². The van der Waals surface area contributed by atoms with E-state index >= 15 is 0 Å². The van der Waals surface area contributed by atoms with E-state index in [-0.39, 0.29) is 0 Å². The van der Waals surface area contributed by atoms with Crippen molar-refractivity contribution in [2.45, 2.75) is 0 Å². The van der Waals surface area contributed by atoms with Crippen LogP contribution in [0.3, 0.4) is 0 Å². The molecular weight excluding hydrogens is 150 g/mol. The molecule has 0 aromatic carbocycles. The molecule has 0 saturated heterocycles. The number of nitrogens with zero attached hydrogens (tertiary/aromatic N) is 4. The highest BCUT2D eigenvalue weighted by molar-refractivity contribution is 7.16. The van der Waals surface area contributed by atoms with Crippen LogP contribution < -0.4 is 5.73 Å². The van der Waals surface area contributed by atoms with Gasteiger partial charge in [-0.15, -0.1) is 21.5 Å². The number of nitrogens with two attached hydrogens (primary N) is 1. The van der Waals surface area contributed by atoms with Gasteiger partial charge in [0.2, 0.25) is 0 Å². The molecule has 2 aromatic heterocycles. The van der Waals surface area contributed by atoms with Gasteiger partial charge in [-0.2, -0.15) is 0 Å². The second-order valence-corrected chi connectivity index (χ2v) is 2.51. The maximum atomic E-state index is 5.43. The summed E-state index contributed by atoms with van der Waals surface area (Å²) in [6.07, 6.45) is 0. The number of hydrogen-bond acceptors (Lipinski definition) is 6. The van der Waals surface area contributed by atoms with E-state index < -0.39 is 0 Å². The molecule has 6 heteroatoms. The molecule has 0 aliphatic heterocycles. The van der Waals surface area contributed by atoms with E-state index in [1.165, 1.54) is 11.3 Å². The summed E-state index contributed by atoms with van der Waals surface area (Å²) in [4.78, 5) is 4.68. The zero-order chi connectivity index (χ0) is 6.97. The van der Waals surface area contributed by atoms with Crippen LogP contribution in [0, 0.1) is 0 Å². The number of hydrogen-bond donors (Lipinski definition) is 1. The molecule has 2 N–H and O–H groups in total. The summed E-state index contributed by atoms with van der Waals surface area (Å²) >= 11 is 1.40. The average Bonchev–Trinajstić information content (AvgIpc) is 2.36. The van der Waals surface area contributed by atoms with Gasteiger partial charge >= 0.3 is 0 Å². The first-order valence-corrected chi connectivity index (χ1v) is 3.44. The molecule has 2 heterocycles. The van der Waals surface area contributed by atoms with Gasteiger partial charge in [-0.25, -0.2) is 4.98 Å². The lowest BCUT2D eigenvalue weighted by Crippen LogP contribution is -1.95. The minimum atomic E-state index is 0.339. The molecular formula is C4H3N5S. The second-order valence-electron chi connectivity index (χ2n) is 1.68. The van der Waals surface area contributed by atoms with Crippen LogP contribution in [-0.4, -0.2) is 20.4 Å². The summed E-state index contributed by atoms with van der Waals surface area (Å²) in [5.74, 6) is 0.339. The van der Waals surface area contributed by atoms with Crippen LogP contribution in [0.25, 0.3) is 10.3 Å². The third kappa shape index (κ3) is 0.623. The molecule has 2 rings (SSSR count). The summed E-state index contributed by atoms with van der Waals surface area (Å²) in [6.45, 7) is 0. The monoisotopic (exact) mass is 153 g/mol. The van der Waals surface area contributed by atoms with E-state index in [9.17, 15) is 0 Å². The molecule has 5 nitrogen and oxygen atoms in total. The smallest absolute Gasteiger partial charge is 0.177 e. The van der Waals surface area contributed by atoms with Crippen LogP contribution in [0.1, 0.15) is 0 Å². The molecule has 0 spiro atoms. The van der Waals surface area contributed by atoms with E-state index in [4.69, 9.17) is 5.73 Å². The fourth-order valence-electron chi connectivity index (χ4n) is 0.645.